The van der Waals surface area contributed by atoms with E-state index in [2.05, 4.69) is 20.7 Å². The number of aryl methyl sites for hydroxylation is 1. The molecule has 0 atom stereocenters. The first-order valence-electron chi connectivity index (χ1n) is 4.03. The summed E-state index contributed by atoms with van der Waals surface area (Å²) in [7, 11) is 0. The van der Waals surface area contributed by atoms with Crippen LogP contribution < -0.4 is 4.74 Å². The molecule has 0 unspecified atom stereocenters. The lowest BCUT2D eigenvalue weighted by Gasteiger charge is -2.08. The molecule has 15 heavy (non-hydrogen) atoms. The zero-order valence-corrected chi connectivity index (χ0v) is 9.03. The van der Waals surface area contributed by atoms with Crippen LogP contribution >= 0.6 is 15.9 Å². The molecule has 1 aromatic rings. The van der Waals surface area contributed by atoms with Crippen molar-refractivity contribution in [3.63, 3.8) is 0 Å². The van der Waals surface area contributed by atoms with Crippen LogP contribution in [0, 0.1) is 11.6 Å². The number of ether oxygens (including phenoxy) is 1. The molecule has 0 aliphatic carbocycles. The Morgan fingerprint density at radius 2 is 1.73 bits per heavy atom. The van der Waals surface area contributed by atoms with Gasteiger partial charge in [0, 0.05) is 5.33 Å². The maximum absolute atomic E-state index is 13.1. The highest BCUT2D eigenvalue weighted by Crippen LogP contribution is 2.25. The number of rotatable bonds is 4. The van der Waals surface area contributed by atoms with E-state index in [0.29, 0.717) is 17.3 Å². The summed E-state index contributed by atoms with van der Waals surface area (Å²) in [5.41, 5.74) is 0.378. The van der Waals surface area contributed by atoms with Gasteiger partial charge in [-0.2, -0.15) is 8.78 Å². The maximum Gasteiger partial charge on any atom is 0.387 e. The molecule has 0 radical (unpaired) electrons. The van der Waals surface area contributed by atoms with Crippen molar-refractivity contribution in [3.8, 4) is 5.75 Å². The van der Waals surface area contributed by atoms with E-state index < -0.39 is 24.0 Å². The second kappa shape index (κ2) is 5.34. The van der Waals surface area contributed by atoms with Crippen LogP contribution in [0.5, 0.6) is 5.75 Å². The summed E-state index contributed by atoms with van der Waals surface area (Å²) in [5, 5.41) is 0.529. The zero-order chi connectivity index (χ0) is 11.4. The topological polar surface area (TPSA) is 9.23 Å². The van der Waals surface area contributed by atoms with Crippen molar-refractivity contribution >= 4 is 15.9 Å². The molecule has 1 nitrogen and oxygen atoms in total. The molecule has 0 aliphatic rings. The van der Waals surface area contributed by atoms with E-state index in [9.17, 15) is 17.6 Å². The van der Waals surface area contributed by atoms with E-state index in [-0.39, 0.29) is 0 Å². The molecule has 84 valence electrons. The Hall–Kier alpha value is -0.780. The van der Waals surface area contributed by atoms with Gasteiger partial charge in [0.1, 0.15) is 0 Å². The third kappa shape index (κ3) is 3.37. The number of hydrogen-bond acceptors (Lipinski definition) is 1. The summed E-state index contributed by atoms with van der Waals surface area (Å²) >= 11 is 3.10. The fourth-order valence-corrected chi connectivity index (χ4v) is 1.53. The van der Waals surface area contributed by atoms with Crippen molar-refractivity contribution in [2.24, 2.45) is 0 Å². The zero-order valence-electron chi connectivity index (χ0n) is 7.44. The van der Waals surface area contributed by atoms with Gasteiger partial charge in [-0.25, -0.2) is 8.78 Å². The molecule has 0 amide bonds. The monoisotopic (exact) mass is 286 g/mol. The van der Waals surface area contributed by atoms with Crippen molar-refractivity contribution in [1.82, 2.24) is 0 Å². The number of halogens is 5. The lowest BCUT2D eigenvalue weighted by atomic mass is 10.1. The number of alkyl halides is 3. The van der Waals surface area contributed by atoms with Crippen LogP contribution in [0.3, 0.4) is 0 Å². The minimum atomic E-state index is -3.24. The van der Waals surface area contributed by atoms with Crippen LogP contribution in [0.15, 0.2) is 12.1 Å². The summed E-state index contributed by atoms with van der Waals surface area (Å²) in [6.45, 7) is -3.24. The van der Waals surface area contributed by atoms with Gasteiger partial charge in [0.2, 0.25) is 0 Å². The Labute approximate surface area is 92.2 Å². The smallest absolute Gasteiger partial charge is 0.387 e. The van der Waals surface area contributed by atoms with Crippen molar-refractivity contribution in [2.45, 2.75) is 13.0 Å². The molecule has 0 fully saturated rings. The second-order valence-electron chi connectivity index (χ2n) is 2.71. The predicted octanol–water partition coefficient (Wildman–Crippen LogP) is 3.50. The summed E-state index contributed by atoms with van der Waals surface area (Å²) < 4.78 is 53.4. The second-order valence-corrected chi connectivity index (χ2v) is 3.50. The molecular formula is C9H7BrF4O. The molecular weight excluding hydrogens is 280 g/mol. The van der Waals surface area contributed by atoms with Gasteiger partial charge in [-0.3, -0.25) is 0 Å². The third-order valence-corrected chi connectivity index (χ3v) is 2.04. The van der Waals surface area contributed by atoms with Crippen molar-refractivity contribution < 1.29 is 22.3 Å². The molecule has 0 bridgehead atoms. The van der Waals surface area contributed by atoms with Gasteiger partial charge >= 0.3 is 6.61 Å². The maximum atomic E-state index is 13.1. The average Bonchev–Trinajstić information content (AvgIpc) is 2.11. The van der Waals surface area contributed by atoms with Gasteiger partial charge in [0.25, 0.3) is 0 Å². The highest BCUT2D eigenvalue weighted by Gasteiger charge is 2.16. The highest BCUT2D eigenvalue weighted by atomic mass is 79.9. The van der Waals surface area contributed by atoms with Crippen molar-refractivity contribution in [2.75, 3.05) is 5.33 Å². The lowest BCUT2D eigenvalue weighted by Crippen LogP contribution is -2.06. The van der Waals surface area contributed by atoms with Gasteiger partial charge in [-0.1, -0.05) is 15.9 Å². The van der Waals surface area contributed by atoms with Gasteiger partial charge in [0.05, 0.1) is 0 Å². The van der Waals surface area contributed by atoms with Crippen LogP contribution in [0.4, 0.5) is 17.6 Å². The minimum Gasteiger partial charge on any atom is -0.429 e. The van der Waals surface area contributed by atoms with Crippen molar-refractivity contribution in [1.29, 1.82) is 0 Å². The summed E-state index contributed by atoms with van der Waals surface area (Å²) in [4.78, 5) is 0. The van der Waals surface area contributed by atoms with E-state index in [1.54, 1.807) is 0 Å². The van der Waals surface area contributed by atoms with Gasteiger partial charge < -0.3 is 4.74 Å². The van der Waals surface area contributed by atoms with Gasteiger partial charge in [0.15, 0.2) is 17.4 Å². The highest BCUT2D eigenvalue weighted by molar-refractivity contribution is 9.09. The minimum absolute atomic E-state index is 0.378. The molecule has 0 heterocycles. The fourth-order valence-electron chi connectivity index (χ4n) is 1.07. The Morgan fingerprint density at radius 3 is 2.13 bits per heavy atom. The first-order chi connectivity index (χ1) is 7.04. The van der Waals surface area contributed by atoms with Crippen LogP contribution in [0.1, 0.15) is 5.56 Å². The van der Waals surface area contributed by atoms with Crippen LogP contribution in [0.2, 0.25) is 0 Å². The molecule has 1 rings (SSSR count). The largest absolute Gasteiger partial charge is 0.429 e. The number of benzene rings is 1. The van der Waals surface area contributed by atoms with Crippen LogP contribution in [-0.2, 0) is 6.42 Å². The van der Waals surface area contributed by atoms with Gasteiger partial charge in [-0.05, 0) is 24.1 Å². The molecule has 0 N–H and O–H groups in total. The van der Waals surface area contributed by atoms with E-state index in [1.807, 2.05) is 0 Å². The van der Waals surface area contributed by atoms with Crippen LogP contribution in [-0.4, -0.2) is 11.9 Å². The molecule has 0 spiro atoms. The van der Waals surface area contributed by atoms with E-state index in [0.717, 1.165) is 12.1 Å². The molecule has 1 aromatic carbocycles. The normalized spacial score (nSPS) is 10.8. The van der Waals surface area contributed by atoms with E-state index >= 15 is 0 Å². The summed E-state index contributed by atoms with van der Waals surface area (Å²) in [5.74, 6) is -3.28. The Morgan fingerprint density at radius 1 is 1.20 bits per heavy atom. The van der Waals surface area contributed by atoms with Crippen molar-refractivity contribution in [3.05, 3.63) is 29.3 Å². The first-order valence-corrected chi connectivity index (χ1v) is 5.15. The Kier molecular flexibility index (Phi) is 4.38. The van der Waals surface area contributed by atoms with E-state index in [1.165, 1.54) is 0 Å². The molecule has 0 aliphatic heterocycles. The molecule has 0 saturated carbocycles. The summed E-state index contributed by atoms with van der Waals surface area (Å²) in [6.07, 6.45) is 0.406. The quantitative estimate of drug-likeness (QED) is 0.608. The average molecular weight is 287 g/mol. The molecule has 0 saturated heterocycles. The Balaban J connectivity index is 2.98. The fraction of sp³-hybridized carbons (Fsp3) is 0.333. The SMILES string of the molecule is Fc1cc(CCBr)cc(F)c1OC(F)F. The standard InChI is InChI=1S/C9H7BrF4O/c10-2-1-5-3-6(11)8(7(12)4-5)15-9(13)14/h3-4,9H,1-2H2. The Bertz CT molecular complexity index is 320. The molecule has 0 aromatic heterocycles. The number of hydrogen-bond donors (Lipinski definition) is 0. The first kappa shape index (κ1) is 12.3. The summed E-state index contributed by atoms with van der Waals surface area (Å²) in [6, 6.07) is 1.95. The van der Waals surface area contributed by atoms with Gasteiger partial charge in [-0.15, -0.1) is 0 Å². The van der Waals surface area contributed by atoms with Crippen LogP contribution in [0.25, 0.3) is 0 Å². The molecule has 6 heteroatoms. The van der Waals surface area contributed by atoms with E-state index in [4.69, 9.17) is 0 Å². The predicted molar refractivity (Wildman–Crippen MR) is 50.5 cm³/mol. The third-order valence-electron chi connectivity index (χ3n) is 1.65. The lowest BCUT2D eigenvalue weighted by molar-refractivity contribution is -0.0546.